The zero-order chi connectivity index (χ0) is 14.6. The average Bonchev–Trinajstić information content (AvgIpc) is 2.26. The highest BCUT2D eigenvalue weighted by Crippen LogP contribution is 2.22. The second-order valence-corrected chi connectivity index (χ2v) is 6.12. The molecule has 0 unspecified atom stereocenters. The SMILES string of the molecule is COc1cc(CC(=O)[C@@](C)(O)CC(C)C)cc(Br)n1. The lowest BCUT2D eigenvalue weighted by Crippen LogP contribution is -2.37. The fraction of sp³-hybridized carbons (Fsp3) is 0.571. The lowest BCUT2D eigenvalue weighted by atomic mass is 9.87. The Morgan fingerprint density at radius 3 is 2.68 bits per heavy atom. The van der Waals surface area contributed by atoms with Crippen LogP contribution in [0.2, 0.25) is 0 Å². The van der Waals surface area contributed by atoms with E-state index in [1.807, 2.05) is 13.8 Å². The molecular formula is C14H20BrNO3. The largest absolute Gasteiger partial charge is 0.481 e. The molecule has 1 N–H and O–H groups in total. The first-order valence-corrected chi connectivity index (χ1v) is 7.00. The molecule has 0 spiro atoms. The van der Waals surface area contributed by atoms with Crippen LogP contribution in [0.5, 0.6) is 5.88 Å². The summed E-state index contributed by atoms with van der Waals surface area (Å²) in [5, 5.41) is 10.2. The summed E-state index contributed by atoms with van der Waals surface area (Å²) < 4.78 is 5.66. The molecule has 0 saturated carbocycles. The highest BCUT2D eigenvalue weighted by Gasteiger charge is 2.30. The van der Waals surface area contributed by atoms with E-state index in [4.69, 9.17) is 4.74 Å². The monoisotopic (exact) mass is 329 g/mol. The lowest BCUT2D eigenvalue weighted by molar-refractivity contribution is -0.136. The number of rotatable bonds is 6. The Labute approximate surface area is 122 Å². The summed E-state index contributed by atoms with van der Waals surface area (Å²) in [5.41, 5.74) is -0.523. The predicted octanol–water partition coefficient (Wildman–Crippen LogP) is 2.76. The number of hydrogen-bond donors (Lipinski definition) is 1. The number of ether oxygens (including phenoxy) is 1. The Balaban J connectivity index is 2.84. The summed E-state index contributed by atoms with van der Waals surface area (Å²) in [6.07, 6.45) is 0.617. The Hall–Kier alpha value is -0.940. The van der Waals surface area contributed by atoms with Gasteiger partial charge in [0.25, 0.3) is 0 Å². The van der Waals surface area contributed by atoms with E-state index in [9.17, 15) is 9.90 Å². The van der Waals surface area contributed by atoms with Crippen LogP contribution in [0.4, 0.5) is 0 Å². The van der Waals surface area contributed by atoms with E-state index in [1.165, 1.54) is 7.11 Å². The second kappa shape index (κ2) is 6.48. The molecule has 0 aromatic carbocycles. The van der Waals surface area contributed by atoms with Gasteiger partial charge in [0.05, 0.1) is 7.11 Å². The number of nitrogens with zero attached hydrogens (tertiary/aromatic N) is 1. The van der Waals surface area contributed by atoms with E-state index >= 15 is 0 Å². The van der Waals surface area contributed by atoms with Gasteiger partial charge in [-0.05, 0) is 46.8 Å². The second-order valence-electron chi connectivity index (χ2n) is 5.31. The Bertz CT molecular complexity index is 458. The van der Waals surface area contributed by atoms with Crippen molar-refractivity contribution in [2.24, 2.45) is 5.92 Å². The normalized spacial score (nSPS) is 14.3. The van der Waals surface area contributed by atoms with E-state index in [2.05, 4.69) is 20.9 Å². The van der Waals surface area contributed by atoms with Crippen molar-refractivity contribution in [3.8, 4) is 5.88 Å². The molecule has 0 aliphatic carbocycles. The van der Waals surface area contributed by atoms with Crippen molar-refractivity contribution in [2.45, 2.75) is 39.2 Å². The van der Waals surface area contributed by atoms with Gasteiger partial charge in [-0.3, -0.25) is 4.79 Å². The smallest absolute Gasteiger partial charge is 0.214 e. The molecular weight excluding hydrogens is 310 g/mol. The van der Waals surface area contributed by atoms with E-state index in [0.29, 0.717) is 16.9 Å². The molecule has 1 heterocycles. The number of halogens is 1. The standard InChI is InChI=1S/C14H20BrNO3/c1-9(2)8-14(3,18)11(17)5-10-6-12(15)16-13(7-10)19-4/h6-7,9,18H,5,8H2,1-4H3/t14-/m0/s1. The van der Waals surface area contributed by atoms with Gasteiger partial charge in [0, 0.05) is 12.5 Å². The lowest BCUT2D eigenvalue weighted by Gasteiger charge is -2.23. The van der Waals surface area contributed by atoms with Crippen molar-refractivity contribution in [3.63, 3.8) is 0 Å². The minimum atomic E-state index is -1.29. The number of aliphatic hydroxyl groups is 1. The zero-order valence-corrected chi connectivity index (χ0v) is 13.3. The van der Waals surface area contributed by atoms with Gasteiger partial charge < -0.3 is 9.84 Å². The molecule has 0 amide bonds. The number of carbonyl (C=O) groups excluding carboxylic acids is 1. The summed E-state index contributed by atoms with van der Waals surface area (Å²) in [6, 6.07) is 3.46. The molecule has 1 aromatic heterocycles. The molecule has 0 fully saturated rings. The number of hydrogen-bond acceptors (Lipinski definition) is 4. The fourth-order valence-corrected chi connectivity index (χ4v) is 2.48. The maximum Gasteiger partial charge on any atom is 0.214 e. The highest BCUT2D eigenvalue weighted by molar-refractivity contribution is 9.10. The maximum atomic E-state index is 12.2. The van der Waals surface area contributed by atoms with Gasteiger partial charge >= 0.3 is 0 Å². The number of methoxy groups -OCH3 is 1. The van der Waals surface area contributed by atoms with Crippen molar-refractivity contribution >= 4 is 21.7 Å². The quantitative estimate of drug-likeness (QED) is 0.815. The summed E-state index contributed by atoms with van der Waals surface area (Å²) in [5.74, 6) is 0.514. The first kappa shape index (κ1) is 16.1. The van der Waals surface area contributed by atoms with E-state index in [0.717, 1.165) is 5.56 Å². The summed E-state index contributed by atoms with van der Waals surface area (Å²) in [4.78, 5) is 16.2. The molecule has 5 heteroatoms. The number of ketones is 1. The predicted molar refractivity (Wildman–Crippen MR) is 77.3 cm³/mol. The number of aromatic nitrogens is 1. The van der Waals surface area contributed by atoms with Crippen LogP contribution in [0.15, 0.2) is 16.7 Å². The van der Waals surface area contributed by atoms with Gasteiger partial charge in [0.1, 0.15) is 10.2 Å². The molecule has 0 aliphatic rings. The molecule has 0 saturated heterocycles. The molecule has 0 radical (unpaired) electrons. The summed E-state index contributed by atoms with van der Waals surface area (Å²) in [6.45, 7) is 5.53. The Kier molecular flexibility index (Phi) is 5.50. The van der Waals surface area contributed by atoms with Gasteiger partial charge in [0.2, 0.25) is 5.88 Å². The van der Waals surface area contributed by atoms with Crippen LogP contribution in [0.1, 0.15) is 32.8 Å². The Morgan fingerprint density at radius 2 is 2.16 bits per heavy atom. The molecule has 106 valence electrons. The van der Waals surface area contributed by atoms with Gasteiger partial charge in [-0.1, -0.05) is 13.8 Å². The van der Waals surface area contributed by atoms with Gasteiger partial charge in [-0.15, -0.1) is 0 Å². The van der Waals surface area contributed by atoms with Gasteiger partial charge in [-0.2, -0.15) is 0 Å². The van der Waals surface area contributed by atoms with Crippen molar-refractivity contribution in [3.05, 3.63) is 22.3 Å². The third-order valence-electron chi connectivity index (χ3n) is 2.81. The maximum absolute atomic E-state index is 12.2. The number of Topliss-reactive ketones (excluding diaryl/α,β-unsaturated/α-hetero) is 1. The van der Waals surface area contributed by atoms with Crippen LogP contribution in [-0.2, 0) is 11.2 Å². The van der Waals surface area contributed by atoms with Crippen LogP contribution >= 0.6 is 15.9 Å². The molecule has 19 heavy (non-hydrogen) atoms. The van der Waals surface area contributed by atoms with Crippen LogP contribution in [0, 0.1) is 5.92 Å². The first-order chi connectivity index (χ1) is 8.74. The average molecular weight is 330 g/mol. The van der Waals surface area contributed by atoms with Gasteiger partial charge in [0.15, 0.2) is 5.78 Å². The molecule has 0 aliphatic heterocycles. The van der Waals surface area contributed by atoms with Crippen molar-refractivity contribution in [1.29, 1.82) is 0 Å². The minimum absolute atomic E-state index is 0.164. The van der Waals surface area contributed by atoms with E-state index in [-0.39, 0.29) is 18.1 Å². The van der Waals surface area contributed by atoms with Crippen LogP contribution in [0.3, 0.4) is 0 Å². The first-order valence-electron chi connectivity index (χ1n) is 6.20. The van der Waals surface area contributed by atoms with Gasteiger partial charge in [-0.25, -0.2) is 4.98 Å². The summed E-state index contributed by atoms with van der Waals surface area (Å²) >= 11 is 3.27. The fourth-order valence-electron chi connectivity index (χ4n) is 2.01. The molecule has 1 aromatic rings. The summed E-state index contributed by atoms with van der Waals surface area (Å²) in [7, 11) is 1.52. The zero-order valence-electron chi connectivity index (χ0n) is 11.7. The van der Waals surface area contributed by atoms with E-state index in [1.54, 1.807) is 19.1 Å². The topological polar surface area (TPSA) is 59.4 Å². The minimum Gasteiger partial charge on any atom is -0.481 e. The number of carbonyl (C=O) groups is 1. The molecule has 1 rings (SSSR count). The van der Waals surface area contributed by atoms with Crippen molar-refractivity contribution < 1.29 is 14.6 Å². The van der Waals surface area contributed by atoms with Crippen molar-refractivity contribution in [1.82, 2.24) is 4.98 Å². The Morgan fingerprint density at radius 1 is 1.53 bits per heavy atom. The molecule has 1 atom stereocenters. The molecule has 4 nitrogen and oxygen atoms in total. The van der Waals surface area contributed by atoms with Crippen LogP contribution < -0.4 is 4.74 Å². The number of pyridine rings is 1. The third-order valence-corrected chi connectivity index (χ3v) is 3.22. The van der Waals surface area contributed by atoms with E-state index < -0.39 is 5.60 Å². The van der Waals surface area contributed by atoms with Crippen LogP contribution in [-0.4, -0.2) is 28.6 Å². The molecule has 0 bridgehead atoms. The third kappa shape index (κ3) is 4.91. The van der Waals surface area contributed by atoms with Crippen LogP contribution in [0.25, 0.3) is 0 Å². The highest BCUT2D eigenvalue weighted by atomic mass is 79.9. The van der Waals surface area contributed by atoms with Crippen molar-refractivity contribution in [2.75, 3.05) is 7.11 Å².